The number of hydrogen-bond acceptors (Lipinski definition) is 3. The molecule has 0 heterocycles. The molecular weight excluding hydrogens is 380 g/mol. The van der Waals surface area contributed by atoms with E-state index in [0.29, 0.717) is 28.3 Å². The summed E-state index contributed by atoms with van der Waals surface area (Å²) in [5.41, 5.74) is 3.63. The summed E-state index contributed by atoms with van der Waals surface area (Å²) in [6, 6.07) is 20.6. The minimum Gasteiger partial charge on any atom is -0.325 e. The first kappa shape index (κ1) is 20.6. The van der Waals surface area contributed by atoms with E-state index in [2.05, 4.69) is 21.3 Å². The summed E-state index contributed by atoms with van der Waals surface area (Å²) in [4.78, 5) is 36.1. The SMILES string of the molecule is CC(=O)Nc1ccc(C)cc1NC(=O)c1ccc(NC(=O)Nc2ccccc2)cc1. The third-order valence-electron chi connectivity index (χ3n) is 4.17. The lowest BCUT2D eigenvalue weighted by molar-refractivity contribution is -0.114. The van der Waals surface area contributed by atoms with Gasteiger partial charge in [-0.1, -0.05) is 24.3 Å². The van der Waals surface area contributed by atoms with Crippen LogP contribution < -0.4 is 21.3 Å². The Kier molecular flexibility index (Phi) is 6.44. The predicted octanol–water partition coefficient (Wildman–Crippen LogP) is 4.85. The van der Waals surface area contributed by atoms with Crippen LogP contribution in [0.15, 0.2) is 72.8 Å². The lowest BCUT2D eigenvalue weighted by Crippen LogP contribution is -2.19. The second kappa shape index (κ2) is 9.38. The summed E-state index contributed by atoms with van der Waals surface area (Å²) in [5.74, 6) is -0.550. The summed E-state index contributed by atoms with van der Waals surface area (Å²) < 4.78 is 0. The van der Waals surface area contributed by atoms with Crippen LogP contribution in [0.3, 0.4) is 0 Å². The van der Waals surface area contributed by atoms with Gasteiger partial charge in [-0.15, -0.1) is 0 Å². The molecule has 0 bridgehead atoms. The number of hydrogen-bond donors (Lipinski definition) is 4. The van der Waals surface area contributed by atoms with Crippen LogP contribution in [0.25, 0.3) is 0 Å². The lowest BCUT2D eigenvalue weighted by atomic mass is 10.1. The first-order valence-corrected chi connectivity index (χ1v) is 9.33. The number of carbonyl (C=O) groups excluding carboxylic acids is 3. The highest BCUT2D eigenvalue weighted by atomic mass is 16.2. The molecule has 4 amide bonds. The van der Waals surface area contributed by atoms with Crippen molar-refractivity contribution in [1.82, 2.24) is 0 Å². The van der Waals surface area contributed by atoms with Gasteiger partial charge >= 0.3 is 6.03 Å². The maximum Gasteiger partial charge on any atom is 0.323 e. The van der Waals surface area contributed by atoms with Crippen LogP contribution in [0, 0.1) is 6.92 Å². The molecule has 0 unspecified atom stereocenters. The van der Waals surface area contributed by atoms with Crippen LogP contribution in [0.4, 0.5) is 27.5 Å². The van der Waals surface area contributed by atoms with Crippen molar-refractivity contribution in [2.75, 3.05) is 21.3 Å². The number of carbonyl (C=O) groups is 3. The molecule has 3 rings (SSSR count). The molecule has 0 saturated heterocycles. The van der Waals surface area contributed by atoms with Crippen molar-refractivity contribution in [1.29, 1.82) is 0 Å². The van der Waals surface area contributed by atoms with Crippen LogP contribution in [0.5, 0.6) is 0 Å². The Labute approximate surface area is 174 Å². The smallest absolute Gasteiger partial charge is 0.323 e. The topological polar surface area (TPSA) is 99.3 Å². The van der Waals surface area contributed by atoms with E-state index in [1.807, 2.05) is 31.2 Å². The maximum atomic E-state index is 12.6. The van der Waals surface area contributed by atoms with Gasteiger partial charge in [-0.25, -0.2) is 4.79 Å². The molecule has 0 aliphatic carbocycles. The molecule has 0 radical (unpaired) electrons. The second-order valence-electron chi connectivity index (χ2n) is 6.71. The number of aryl methyl sites for hydroxylation is 1. The van der Waals surface area contributed by atoms with Gasteiger partial charge in [-0.2, -0.15) is 0 Å². The van der Waals surface area contributed by atoms with Crippen molar-refractivity contribution in [2.24, 2.45) is 0 Å². The van der Waals surface area contributed by atoms with Crippen LogP contribution in [0.2, 0.25) is 0 Å². The fourth-order valence-corrected chi connectivity index (χ4v) is 2.77. The summed E-state index contributed by atoms with van der Waals surface area (Å²) in [6.07, 6.45) is 0. The Hall–Kier alpha value is -4.13. The number of nitrogens with one attached hydrogen (secondary N) is 4. The Morgan fingerprint density at radius 3 is 1.93 bits per heavy atom. The lowest BCUT2D eigenvalue weighted by Gasteiger charge is -2.13. The third-order valence-corrected chi connectivity index (χ3v) is 4.17. The number of anilines is 4. The second-order valence-corrected chi connectivity index (χ2v) is 6.71. The highest BCUT2D eigenvalue weighted by Gasteiger charge is 2.11. The summed E-state index contributed by atoms with van der Waals surface area (Å²) in [6.45, 7) is 3.30. The Bertz CT molecular complexity index is 1060. The van der Waals surface area contributed by atoms with Gasteiger partial charge < -0.3 is 21.3 Å². The van der Waals surface area contributed by atoms with E-state index in [0.717, 1.165) is 5.56 Å². The molecule has 7 nitrogen and oxygen atoms in total. The molecule has 3 aromatic rings. The van der Waals surface area contributed by atoms with E-state index in [1.54, 1.807) is 48.5 Å². The van der Waals surface area contributed by atoms with Crippen LogP contribution in [0.1, 0.15) is 22.8 Å². The predicted molar refractivity (Wildman–Crippen MR) is 119 cm³/mol. The highest BCUT2D eigenvalue weighted by molar-refractivity contribution is 6.07. The first-order valence-electron chi connectivity index (χ1n) is 9.33. The number of benzene rings is 3. The van der Waals surface area contributed by atoms with E-state index < -0.39 is 0 Å². The van der Waals surface area contributed by atoms with Crippen LogP contribution >= 0.6 is 0 Å². The van der Waals surface area contributed by atoms with Crippen molar-refractivity contribution in [2.45, 2.75) is 13.8 Å². The molecule has 152 valence electrons. The molecule has 0 atom stereocenters. The number of urea groups is 1. The summed E-state index contributed by atoms with van der Waals surface area (Å²) in [5, 5.41) is 11.0. The number of amides is 4. The monoisotopic (exact) mass is 402 g/mol. The highest BCUT2D eigenvalue weighted by Crippen LogP contribution is 2.24. The Balaban J connectivity index is 1.65. The molecule has 0 aliphatic rings. The van der Waals surface area contributed by atoms with Gasteiger partial charge in [0.1, 0.15) is 0 Å². The average Bonchev–Trinajstić information content (AvgIpc) is 2.71. The van der Waals surface area contributed by atoms with Crippen molar-refractivity contribution in [3.8, 4) is 0 Å². The molecule has 7 heteroatoms. The zero-order valence-electron chi connectivity index (χ0n) is 16.7. The van der Waals surface area contributed by atoms with E-state index >= 15 is 0 Å². The summed E-state index contributed by atoms with van der Waals surface area (Å²) in [7, 11) is 0. The third kappa shape index (κ3) is 5.68. The van der Waals surface area contributed by atoms with Crippen LogP contribution in [-0.4, -0.2) is 17.8 Å². The normalized spacial score (nSPS) is 10.1. The first-order chi connectivity index (χ1) is 14.4. The van der Waals surface area contributed by atoms with Gasteiger partial charge in [0, 0.05) is 23.9 Å². The van der Waals surface area contributed by atoms with Crippen molar-refractivity contribution in [3.05, 3.63) is 83.9 Å². The molecule has 0 aliphatic heterocycles. The zero-order chi connectivity index (χ0) is 21.5. The molecule has 0 saturated carbocycles. The Morgan fingerprint density at radius 1 is 0.667 bits per heavy atom. The van der Waals surface area contributed by atoms with Crippen LogP contribution in [-0.2, 0) is 4.79 Å². The van der Waals surface area contributed by atoms with Gasteiger partial charge in [0.05, 0.1) is 11.4 Å². The van der Waals surface area contributed by atoms with E-state index in [9.17, 15) is 14.4 Å². The van der Waals surface area contributed by atoms with E-state index in [1.165, 1.54) is 6.92 Å². The van der Waals surface area contributed by atoms with E-state index in [4.69, 9.17) is 0 Å². The molecule has 0 spiro atoms. The molecule has 4 N–H and O–H groups in total. The molecule has 0 fully saturated rings. The van der Waals surface area contributed by atoms with Gasteiger partial charge in [0.2, 0.25) is 5.91 Å². The molecule has 0 aromatic heterocycles. The fraction of sp³-hybridized carbons (Fsp3) is 0.0870. The summed E-state index contributed by atoms with van der Waals surface area (Å²) >= 11 is 0. The quantitative estimate of drug-likeness (QED) is 0.491. The average molecular weight is 402 g/mol. The molecule has 30 heavy (non-hydrogen) atoms. The fourth-order valence-electron chi connectivity index (χ4n) is 2.77. The van der Waals surface area contributed by atoms with Gasteiger partial charge in [0.25, 0.3) is 5.91 Å². The number of para-hydroxylation sites is 1. The minimum absolute atomic E-state index is 0.224. The van der Waals surface area contributed by atoms with Crippen molar-refractivity contribution < 1.29 is 14.4 Å². The van der Waals surface area contributed by atoms with Crippen molar-refractivity contribution >= 4 is 40.6 Å². The van der Waals surface area contributed by atoms with E-state index in [-0.39, 0.29) is 17.8 Å². The molecule has 3 aromatic carbocycles. The van der Waals surface area contributed by atoms with Gasteiger partial charge in [-0.05, 0) is 61.0 Å². The Morgan fingerprint density at radius 2 is 1.30 bits per heavy atom. The van der Waals surface area contributed by atoms with Gasteiger partial charge in [0.15, 0.2) is 0 Å². The largest absolute Gasteiger partial charge is 0.325 e. The molecular formula is C23H22N4O3. The standard InChI is InChI=1S/C23H22N4O3/c1-15-8-13-20(24-16(2)28)21(14-15)27-22(29)17-9-11-19(12-10-17)26-23(30)25-18-6-4-3-5-7-18/h3-14H,1-2H3,(H,24,28)(H,27,29)(H2,25,26,30). The van der Waals surface area contributed by atoms with Gasteiger partial charge in [-0.3, -0.25) is 9.59 Å². The number of rotatable bonds is 5. The maximum absolute atomic E-state index is 12.6. The van der Waals surface area contributed by atoms with Crippen molar-refractivity contribution in [3.63, 3.8) is 0 Å². The zero-order valence-corrected chi connectivity index (χ0v) is 16.7. The minimum atomic E-state index is -0.377.